The van der Waals surface area contributed by atoms with Gasteiger partial charge in [0.05, 0.1) is 10.5 Å². The summed E-state index contributed by atoms with van der Waals surface area (Å²) in [4.78, 5) is 33.9. The predicted octanol–water partition coefficient (Wildman–Crippen LogP) is 3.90. The number of carbonyl (C=O) groups is 2. The molecule has 0 unspecified atom stereocenters. The zero-order valence-electron chi connectivity index (χ0n) is 14.6. The van der Waals surface area contributed by atoms with Crippen LogP contribution in [0.15, 0.2) is 48.5 Å². The topological polar surface area (TPSA) is 98.5 Å². The molecule has 0 aliphatic heterocycles. The van der Waals surface area contributed by atoms with Crippen LogP contribution in [0.25, 0.3) is 0 Å². The molecule has 0 heterocycles. The molecule has 0 saturated heterocycles. The highest BCUT2D eigenvalue weighted by atomic mass is 16.6. The van der Waals surface area contributed by atoms with Gasteiger partial charge in [-0.1, -0.05) is 32.0 Å². The van der Waals surface area contributed by atoms with Crippen LogP contribution in [0.3, 0.4) is 0 Å². The van der Waals surface area contributed by atoms with Gasteiger partial charge in [0.2, 0.25) is 0 Å². The van der Waals surface area contributed by atoms with Crippen LogP contribution in [-0.4, -0.2) is 23.4 Å². The largest absolute Gasteiger partial charge is 0.452 e. The Balaban J connectivity index is 1.89. The number of hydrogen-bond donors (Lipinski definition) is 1. The van der Waals surface area contributed by atoms with E-state index in [-0.39, 0.29) is 11.3 Å². The molecule has 7 nitrogen and oxygen atoms in total. The minimum atomic E-state index is -0.795. The summed E-state index contributed by atoms with van der Waals surface area (Å²) in [5.41, 5.74) is 1.59. The maximum atomic E-state index is 11.9. The third kappa shape index (κ3) is 5.14. The molecular weight excluding hydrogens is 336 g/mol. The summed E-state index contributed by atoms with van der Waals surface area (Å²) in [6, 6.07) is 12.6. The van der Waals surface area contributed by atoms with Crippen molar-refractivity contribution in [2.75, 3.05) is 11.9 Å². The van der Waals surface area contributed by atoms with Crippen molar-refractivity contribution in [1.29, 1.82) is 0 Å². The summed E-state index contributed by atoms with van der Waals surface area (Å²) in [6.07, 6.45) is 1.03. The first-order valence-electron chi connectivity index (χ1n) is 8.22. The third-order valence-corrected chi connectivity index (χ3v) is 4.00. The quantitative estimate of drug-likeness (QED) is 0.461. The number of benzene rings is 2. The van der Waals surface area contributed by atoms with Crippen LogP contribution in [0.5, 0.6) is 0 Å². The van der Waals surface area contributed by atoms with Crippen molar-refractivity contribution in [2.45, 2.75) is 26.2 Å². The molecule has 0 aliphatic rings. The Morgan fingerprint density at radius 1 is 1.19 bits per heavy atom. The molecule has 2 aromatic rings. The molecule has 136 valence electrons. The average Bonchev–Trinajstić information content (AvgIpc) is 2.66. The van der Waals surface area contributed by atoms with E-state index in [1.807, 2.05) is 12.1 Å². The Kier molecular flexibility index (Phi) is 6.43. The van der Waals surface area contributed by atoms with Crippen LogP contribution in [0, 0.1) is 10.1 Å². The van der Waals surface area contributed by atoms with Crippen molar-refractivity contribution < 1.29 is 19.2 Å². The van der Waals surface area contributed by atoms with Crippen LogP contribution in [0.1, 0.15) is 42.1 Å². The van der Waals surface area contributed by atoms with Crippen molar-refractivity contribution in [3.05, 3.63) is 69.8 Å². The molecule has 0 saturated carbocycles. The third-order valence-electron chi connectivity index (χ3n) is 4.00. The monoisotopic (exact) mass is 356 g/mol. The number of non-ortho nitro benzene ring substituents is 1. The number of hydrogen-bond acceptors (Lipinski definition) is 5. The van der Waals surface area contributed by atoms with Crippen LogP contribution in [0.4, 0.5) is 11.4 Å². The van der Waals surface area contributed by atoms with Gasteiger partial charge >= 0.3 is 5.97 Å². The fourth-order valence-corrected chi connectivity index (χ4v) is 2.29. The lowest BCUT2D eigenvalue weighted by Gasteiger charge is -2.10. The molecule has 2 aromatic carbocycles. The number of amides is 1. The van der Waals surface area contributed by atoms with E-state index in [1.165, 1.54) is 23.8 Å². The van der Waals surface area contributed by atoms with E-state index in [2.05, 4.69) is 19.2 Å². The van der Waals surface area contributed by atoms with Gasteiger partial charge in [0, 0.05) is 17.8 Å². The number of esters is 1. The van der Waals surface area contributed by atoms with Crippen molar-refractivity contribution in [2.24, 2.45) is 0 Å². The van der Waals surface area contributed by atoms with E-state index in [1.54, 1.807) is 12.1 Å². The fourth-order valence-electron chi connectivity index (χ4n) is 2.29. The highest BCUT2D eigenvalue weighted by Crippen LogP contribution is 2.20. The van der Waals surface area contributed by atoms with Crippen molar-refractivity contribution >= 4 is 23.3 Å². The van der Waals surface area contributed by atoms with Crippen molar-refractivity contribution in [1.82, 2.24) is 0 Å². The Hall–Kier alpha value is -3.22. The van der Waals surface area contributed by atoms with Gasteiger partial charge in [-0.2, -0.15) is 0 Å². The van der Waals surface area contributed by atoms with Gasteiger partial charge in [0.25, 0.3) is 11.6 Å². The van der Waals surface area contributed by atoms with Crippen LogP contribution < -0.4 is 5.32 Å². The Morgan fingerprint density at radius 3 is 2.50 bits per heavy atom. The molecule has 0 spiro atoms. The number of anilines is 1. The molecule has 2 rings (SSSR count). The summed E-state index contributed by atoms with van der Waals surface area (Å²) >= 11 is 0. The SMILES string of the molecule is CC[C@H](C)c1ccc(NC(=O)COC(=O)c2cccc([N+](=O)[O-])c2)cc1. The standard InChI is InChI=1S/C19H20N2O5/c1-3-13(2)14-7-9-16(10-8-14)20-18(22)12-26-19(23)15-5-4-6-17(11-15)21(24)25/h4-11,13H,3,12H2,1-2H3,(H,20,22)/t13-/m0/s1. The molecule has 1 N–H and O–H groups in total. The van der Waals surface area contributed by atoms with Gasteiger partial charge in [-0.15, -0.1) is 0 Å². The first kappa shape index (κ1) is 19.1. The lowest BCUT2D eigenvalue weighted by atomic mass is 9.99. The van der Waals surface area contributed by atoms with Crippen molar-refractivity contribution in [3.63, 3.8) is 0 Å². The molecule has 0 bridgehead atoms. The Bertz CT molecular complexity index is 802. The van der Waals surface area contributed by atoms with Gasteiger partial charge < -0.3 is 10.1 Å². The van der Waals surface area contributed by atoms with Gasteiger partial charge in [-0.3, -0.25) is 14.9 Å². The van der Waals surface area contributed by atoms with Crippen LogP contribution in [-0.2, 0) is 9.53 Å². The first-order chi connectivity index (χ1) is 12.4. The van der Waals surface area contributed by atoms with E-state index < -0.39 is 23.4 Å². The normalized spacial score (nSPS) is 11.5. The minimum Gasteiger partial charge on any atom is -0.452 e. The highest BCUT2D eigenvalue weighted by Gasteiger charge is 2.14. The molecule has 0 fully saturated rings. The second kappa shape index (κ2) is 8.75. The smallest absolute Gasteiger partial charge is 0.338 e. The zero-order valence-corrected chi connectivity index (χ0v) is 14.6. The summed E-state index contributed by atoms with van der Waals surface area (Å²) < 4.78 is 4.90. The van der Waals surface area contributed by atoms with Gasteiger partial charge in [0.15, 0.2) is 6.61 Å². The first-order valence-corrected chi connectivity index (χ1v) is 8.22. The zero-order chi connectivity index (χ0) is 19.1. The Labute approximate surface area is 151 Å². The van der Waals surface area contributed by atoms with Gasteiger partial charge in [-0.05, 0) is 36.1 Å². The molecule has 0 aromatic heterocycles. The molecular formula is C19H20N2O5. The molecule has 1 amide bonds. The van der Waals surface area contributed by atoms with Gasteiger partial charge in [0.1, 0.15) is 0 Å². The Morgan fingerprint density at radius 2 is 1.88 bits per heavy atom. The van der Waals surface area contributed by atoms with Gasteiger partial charge in [-0.25, -0.2) is 4.79 Å². The summed E-state index contributed by atoms with van der Waals surface area (Å²) in [7, 11) is 0. The number of nitro benzene ring substituents is 1. The molecule has 0 aliphatic carbocycles. The predicted molar refractivity (Wildman–Crippen MR) is 97.2 cm³/mol. The summed E-state index contributed by atoms with van der Waals surface area (Å²) in [5, 5.41) is 13.4. The maximum Gasteiger partial charge on any atom is 0.338 e. The second-order valence-electron chi connectivity index (χ2n) is 5.86. The fraction of sp³-hybridized carbons (Fsp3) is 0.263. The number of rotatable bonds is 7. The molecule has 1 atom stereocenters. The molecule has 7 heteroatoms. The summed E-state index contributed by atoms with van der Waals surface area (Å²) in [6.45, 7) is 3.76. The summed E-state index contributed by atoms with van der Waals surface area (Å²) in [5.74, 6) is -0.841. The second-order valence-corrected chi connectivity index (χ2v) is 5.86. The highest BCUT2D eigenvalue weighted by molar-refractivity contribution is 5.95. The van der Waals surface area contributed by atoms with Crippen LogP contribution >= 0.6 is 0 Å². The van der Waals surface area contributed by atoms with E-state index in [0.29, 0.717) is 11.6 Å². The lowest BCUT2D eigenvalue weighted by molar-refractivity contribution is -0.384. The van der Waals surface area contributed by atoms with E-state index in [0.717, 1.165) is 12.5 Å². The lowest BCUT2D eigenvalue weighted by Crippen LogP contribution is -2.21. The molecule has 26 heavy (non-hydrogen) atoms. The maximum absolute atomic E-state index is 11.9. The van der Waals surface area contributed by atoms with E-state index >= 15 is 0 Å². The number of nitro groups is 1. The number of carbonyl (C=O) groups excluding carboxylic acids is 2. The average molecular weight is 356 g/mol. The number of ether oxygens (including phenoxy) is 1. The van der Waals surface area contributed by atoms with Crippen molar-refractivity contribution in [3.8, 4) is 0 Å². The molecule has 0 radical (unpaired) electrons. The number of nitrogens with zero attached hydrogens (tertiary/aromatic N) is 1. The van der Waals surface area contributed by atoms with E-state index in [9.17, 15) is 19.7 Å². The number of nitrogens with one attached hydrogen (secondary N) is 1. The minimum absolute atomic E-state index is 0.0184. The van der Waals surface area contributed by atoms with E-state index in [4.69, 9.17) is 4.74 Å². The van der Waals surface area contributed by atoms with Crippen LogP contribution in [0.2, 0.25) is 0 Å².